The zero-order chi connectivity index (χ0) is 12.1. The van der Waals surface area contributed by atoms with E-state index in [1.165, 1.54) is 0 Å². The Bertz CT molecular complexity index is 229. The van der Waals surface area contributed by atoms with Gasteiger partial charge in [-0.3, -0.25) is 4.79 Å². The van der Waals surface area contributed by atoms with Crippen LogP contribution >= 0.6 is 0 Å². The van der Waals surface area contributed by atoms with E-state index >= 15 is 0 Å². The minimum Gasteiger partial charge on any atom is -0.379 e. The van der Waals surface area contributed by atoms with Crippen molar-refractivity contribution < 1.29 is 14.3 Å². The molecule has 0 saturated carbocycles. The summed E-state index contributed by atoms with van der Waals surface area (Å²) in [6, 6.07) is 0. The van der Waals surface area contributed by atoms with Crippen LogP contribution in [-0.4, -0.2) is 45.4 Å². The second-order valence-corrected chi connectivity index (χ2v) is 2.88. The fourth-order valence-corrected chi connectivity index (χ4v) is 0.922. The Balaban J connectivity index is 3.09. The lowest BCUT2D eigenvalue weighted by Gasteiger charge is -2.04. The molecule has 7 heteroatoms. The van der Waals surface area contributed by atoms with Gasteiger partial charge in [0, 0.05) is 24.4 Å². The van der Waals surface area contributed by atoms with E-state index < -0.39 is 0 Å². The average molecular weight is 230 g/mol. The molecule has 0 rings (SSSR count). The number of nitrogens with zero attached hydrogens (tertiary/aromatic N) is 3. The van der Waals surface area contributed by atoms with Gasteiger partial charge < -0.3 is 14.8 Å². The molecule has 92 valence electrons. The lowest BCUT2D eigenvalue weighted by atomic mass is 10.4. The standard InChI is InChI=1S/C9H18N4O3/c1-2-11-9(14)3-5-15-7-8-16-6-4-12-13-10/h2-8H2,1H3,(H,11,14). The number of rotatable bonds is 10. The molecule has 1 amide bonds. The minimum absolute atomic E-state index is 0.00762. The third-order valence-corrected chi connectivity index (χ3v) is 1.62. The molecule has 0 spiro atoms. The minimum atomic E-state index is -0.00762. The number of azide groups is 1. The van der Waals surface area contributed by atoms with Crippen molar-refractivity contribution in [1.82, 2.24) is 5.32 Å². The van der Waals surface area contributed by atoms with E-state index in [1.54, 1.807) is 0 Å². The van der Waals surface area contributed by atoms with Gasteiger partial charge >= 0.3 is 0 Å². The maximum Gasteiger partial charge on any atom is 0.222 e. The van der Waals surface area contributed by atoms with Gasteiger partial charge in [0.15, 0.2) is 0 Å². The Kier molecular flexibility index (Phi) is 10.8. The molecule has 0 heterocycles. The normalized spacial score (nSPS) is 9.56. The van der Waals surface area contributed by atoms with Gasteiger partial charge in [0.1, 0.15) is 0 Å². The predicted molar refractivity (Wildman–Crippen MR) is 59.0 cm³/mol. The third kappa shape index (κ3) is 10.8. The molecule has 0 radical (unpaired) electrons. The summed E-state index contributed by atoms with van der Waals surface area (Å²) in [7, 11) is 0. The van der Waals surface area contributed by atoms with Crippen LogP contribution in [0.5, 0.6) is 0 Å². The number of hydrogen-bond donors (Lipinski definition) is 1. The van der Waals surface area contributed by atoms with Crippen molar-refractivity contribution in [3.05, 3.63) is 10.4 Å². The number of hydrogen-bond acceptors (Lipinski definition) is 4. The number of carbonyl (C=O) groups excluding carboxylic acids is 1. The second-order valence-electron chi connectivity index (χ2n) is 2.88. The summed E-state index contributed by atoms with van der Waals surface area (Å²) in [4.78, 5) is 13.6. The van der Waals surface area contributed by atoms with Gasteiger partial charge in [0.05, 0.1) is 26.4 Å². The van der Waals surface area contributed by atoms with Crippen LogP contribution in [0.1, 0.15) is 13.3 Å². The lowest BCUT2D eigenvalue weighted by Crippen LogP contribution is -2.24. The Hall–Kier alpha value is -1.30. The third-order valence-electron chi connectivity index (χ3n) is 1.62. The van der Waals surface area contributed by atoms with Crippen molar-refractivity contribution in [2.24, 2.45) is 5.11 Å². The molecule has 0 aliphatic carbocycles. The first-order chi connectivity index (χ1) is 7.81. The molecule has 0 fully saturated rings. The van der Waals surface area contributed by atoms with Crippen molar-refractivity contribution in [3.8, 4) is 0 Å². The van der Waals surface area contributed by atoms with E-state index in [-0.39, 0.29) is 5.91 Å². The van der Waals surface area contributed by atoms with Crippen LogP contribution in [0.3, 0.4) is 0 Å². The van der Waals surface area contributed by atoms with Crippen LogP contribution in [0.15, 0.2) is 5.11 Å². The van der Waals surface area contributed by atoms with Gasteiger partial charge in [-0.05, 0) is 12.5 Å². The average Bonchev–Trinajstić information content (AvgIpc) is 2.27. The molecule has 1 N–H and O–H groups in total. The van der Waals surface area contributed by atoms with E-state index in [9.17, 15) is 4.79 Å². The van der Waals surface area contributed by atoms with Gasteiger partial charge in [-0.25, -0.2) is 0 Å². The Labute approximate surface area is 94.7 Å². The first-order valence-electron chi connectivity index (χ1n) is 5.24. The van der Waals surface area contributed by atoms with E-state index in [0.717, 1.165) is 0 Å². The number of ether oxygens (including phenoxy) is 2. The van der Waals surface area contributed by atoms with E-state index in [1.807, 2.05) is 6.92 Å². The van der Waals surface area contributed by atoms with Crippen LogP contribution < -0.4 is 5.32 Å². The molecule has 0 aromatic heterocycles. The van der Waals surface area contributed by atoms with Gasteiger partial charge in [0.2, 0.25) is 5.91 Å². The van der Waals surface area contributed by atoms with Crippen molar-refractivity contribution in [1.29, 1.82) is 0 Å². The number of amides is 1. The molecule has 0 unspecified atom stereocenters. The first kappa shape index (κ1) is 14.7. The second kappa shape index (κ2) is 11.8. The van der Waals surface area contributed by atoms with E-state index in [2.05, 4.69) is 15.3 Å². The summed E-state index contributed by atoms with van der Waals surface area (Å²) in [5.74, 6) is -0.00762. The molecular weight excluding hydrogens is 212 g/mol. The van der Waals surface area contributed by atoms with Gasteiger partial charge in [0.25, 0.3) is 0 Å². The first-order valence-corrected chi connectivity index (χ1v) is 5.24. The zero-order valence-corrected chi connectivity index (χ0v) is 9.52. The molecule has 0 saturated heterocycles. The molecule has 0 atom stereocenters. The molecule has 7 nitrogen and oxygen atoms in total. The summed E-state index contributed by atoms with van der Waals surface area (Å²) in [6.07, 6.45) is 0.368. The number of nitrogens with one attached hydrogen (secondary N) is 1. The van der Waals surface area contributed by atoms with Crippen LogP contribution in [0.4, 0.5) is 0 Å². The smallest absolute Gasteiger partial charge is 0.222 e. The molecule has 0 aromatic rings. The van der Waals surface area contributed by atoms with Crippen LogP contribution in [0, 0.1) is 0 Å². The summed E-state index contributed by atoms with van der Waals surface area (Å²) in [5.41, 5.74) is 7.97. The van der Waals surface area contributed by atoms with Gasteiger partial charge in [-0.2, -0.15) is 0 Å². The summed E-state index contributed by atoms with van der Waals surface area (Å²) in [6.45, 7) is 4.51. The SMILES string of the molecule is CCNC(=O)CCOCCOCCN=[N+]=[N-]. The highest BCUT2D eigenvalue weighted by atomic mass is 16.5. The molecule has 0 aliphatic rings. The van der Waals surface area contributed by atoms with Crippen LogP contribution in [0.25, 0.3) is 10.4 Å². The topological polar surface area (TPSA) is 96.3 Å². The van der Waals surface area contributed by atoms with Crippen LogP contribution in [-0.2, 0) is 14.3 Å². The van der Waals surface area contributed by atoms with Crippen molar-refractivity contribution in [2.75, 3.05) is 39.5 Å². The fourth-order valence-electron chi connectivity index (χ4n) is 0.922. The number of carbonyl (C=O) groups is 1. The zero-order valence-electron chi connectivity index (χ0n) is 9.52. The molecule has 0 aromatic carbocycles. The van der Waals surface area contributed by atoms with Crippen LogP contribution in [0.2, 0.25) is 0 Å². The summed E-state index contributed by atoms with van der Waals surface area (Å²) >= 11 is 0. The van der Waals surface area contributed by atoms with Crippen molar-refractivity contribution in [3.63, 3.8) is 0 Å². The maximum atomic E-state index is 11.0. The summed E-state index contributed by atoms with van der Waals surface area (Å²) < 4.78 is 10.3. The molecule has 0 bridgehead atoms. The summed E-state index contributed by atoms with van der Waals surface area (Å²) in [5, 5.41) is 5.99. The highest BCUT2D eigenvalue weighted by molar-refractivity contribution is 5.75. The monoisotopic (exact) mass is 230 g/mol. The molecule has 0 aliphatic heterocycles. The predicted octanol–water partition coefficient (Wildman–Crippen LogP) is 0.856. The Morgan fingerprint density at radius 1 is 1.31 bits per heavy atom. The lowest BCUT2D eigenvalue weighted by molar-refractivity contribution is -0.122. The van der Waals surface area contributed by atoms with Gasteiger partial charge in [-0.15, -0.1) is 0 Å². The van der Waals surface area contributed by atoms with E-state index in [4.69, 9.17) is 15.0 Å². The Morgan fingerprint density at radius 3 is 2.62 bits per heavy atom. The van der Waals surface area contributed by atoms with Crippen molar-refractivity contribution >= 4 is 5.91 Å². The van der Waals surface area contributed by atoms with Gasteiger partial charge in [-0.1, -0.05) is 5.11 Å². The van der Waals surface area contributed by atoms with E-state index in [0.29, 0.717) is 45.9 Å². The fraction of sp³-hybridized carbons (Fsp3) is 0.889. The highest BCUT2D eigenvalue weighted by Gasteiger charge is 1.98. The molecular formula is C9H18N4O3. The molecule has 16 heavy (non-hydrogen) atoms. The van der Waals surface area contributed by atoms with Crippen molar-refractivity contribution in [2.45, 2.75) is 13.3 Å². The Morgan fingerprint density at radius 2 is 2.00 bits per heavy atom. The quantitative estimate of drug-likeness (QED) is 0.261. The largest absolute Gasteiger partial charge is 0.379 e. The maximum absolute atomic E-state index is 11.0. The highest BCUT2D eigenvalue weighted by Crippen LogP contribution is 1.84.